The summed E-state index contributed by atoms with van der Waals surface area (Å²) in [6.07, 6.45) is -7.72. The van der Waals surface area contributed by atoms with E-state index in [1.807, 2.05) is 0 Å². The lowest BCUT2D eigenvalue weighted by atomic mass is 9.99. The van der Waals surface area contributed by atoms with Gasteiger partial charge in [0.2, 0.25) is 11.7 Å². The average molecular weight is 474 g/mol. The van der Waals surface area contributed by atoms with Gasteiger partial charge in [0.15, 0.2) is 11.5 Å². The van der Waals surface area contributed by atoms with Crippen LogP contribution < -0.4 is 10.2 Å². The fourth-order valence-corrected chi connectivity index (χ4v) is 3.78. The van der Waals surface area contributed by atoms with Crippen molar-refractivity contribution < 1.29 is 49.3 Å². The SMILES string of the molecule is CC(=O)c1oc2cc(O[C@@H]3OC(CO)[C@@H](O)C(O)C3O)cc(O)c2c(=O)c1-c1ccc(O)cc1. The van der Waals surface area contributed by atoms with Crippen LogP contribution in [0, 0.1) is 0 Å². The number of benzene rings is 2. The average Bonchev–Trinajstić information content (AvgIpc) is 2.79. The van der Waals surface area contributed by atoms with E-state index in [1.54, 1.807) is 0 Å². The van der Waals surface area contributed by atoms with E-state index in [2.05, 4.69) is 0 Å². The Morgan fingerprint density at radius 1 is 1.03 bits per heavy atom. The summed E-state index contributed by atoms with van der Waals surface area (Å²) < 4.78 is 16.4. The number of hydrogen-bond acceptors (Lipinski definition) is 11. The van der Waals surface area contributed by atoms with Crippen molar-refractivity contribution in [1.29, 1.82) is 0 Å². The Bertz CT molecular complexity index is 1280. The molecule has 1 aliphatic rings. The summed E-state index contributed by atoms with van der Waals surface area (Å²) in [5.74, 6) is -1.60. The highest BCUT2D eigenvalue weighted by Crippen LogP contribution is 2.34. The van der Waals surface area contributed by atoms with Gasteiger partial charge in [0, 0.05) is 19.1 Å². The van der Waals surface area contributed by atoms with Crippen LogP contribution in [0.5, 0.6) is 17.2 Å². The summed E-state index contributed by atoms with van der Waals surface area (Å²) >= 11 is 0. The van der Waals surface area contributed by atoms with E-state index in [0.717, 1.165) is 6.07 Å². The molecule has 3 aromatic rings. The number of aliphatic hydroxyl groups is 4. The van der Waals surface area contributed by atoms with Crippen LogP contribution in [0.4, 0.5) is 0 Å². The summed E-state index contributed by atoms with van der Waals surface area (Å²) in [7, 11) is 0. The molecule has 0 bridgehead atoms. The molecule has 2 heterocycles. The molecule has 0 amide bonds. The first-order chi connectivity index (χ1) is 16.1. The topological polar surface area (TPSA) is 187 Å². The Hall–Kier alpha value is -3.48. The van der Waals surface area contributed by atoms with E-state index >= 15 is 0 Å². The second-order valence-electron chi connectivity index (χ2n) is 7.87. The number of ether oxygens (including phenoxy) is 2. The van der Waals surface area contributed by atoms with Crippen LogP contribution in [0.1, 0.15) is 17.5 Å². The van der Waals surface area contributed by atoms with Crippen LogP contribution in [0.3, 0.4) is 0 Å². The molecule has 34 heavy (non-hydrogen) atoms. The predicted octanol–water partition coefficient (Wildman–Crippen LogP) is 0.252. The Balaban J connectivity index is 1.79. The standard InChI is InChI=1S/C23H22O11/c1-9(25)22-16(10-2-4-11(26)5-3-10)19(29)17-13(27)6-12(7-14(17)33-22)32-23-21(31)20(30)18(28)15(8-24)34-23/h2-7,15,18,20-21,23-24,26-28,30-31H,8H2,1H3/t15?,18-,20?,21?,23-/m1/s1. The van der Waals surface area contributed by atoms with Crippen molar-refractivity contribution in [3.63, 3.8) is 0 Å². The molecule has 180 valence electrons. The van der Waals surface area contributed by atoms with Crippen molar-refractivity contribution in [3.05, 3.63) is 52.4 Å². The highest BCUT2D eigenvalue weighted by atomic mass is 16.7. The number of carbonyl (C=O) groups is 1. The fourth-order valence-electron chi connectivity index (χ4n) is 3.78. The number of fused-ring (bicyclic) bond motifs is 1. The molecule has 1 fully saturated rings. The zero-order valence-corrected chi connectivity index (χ0v) is 17.8. The van der Waals surface area contributed by atoms with E-state index in [1.165, 1.54) is 37.3 Å². The van der Waals surface area contributed by atoms with Gasteiger partial charge in [0.25, 0.3) is 0 Å². The highest BCUT2D eigenvalue weighted by molar-refractivity contribution is 6.01. The van der Waals surface area contributed by atoms with E-state index < -0.39 is 54.3 Å². The molecule has 11 nitrogen and oxygen atoms in total. The third-order valence-electron chi connectivity index (χ3n) is 5.52. The van der Waals surface area contributed by atoms with E-state index in [0.29, 0.717) is 5.56 Å². The van der Waals surface area contributed by atoms with Gasteiger partial charge in [-0.05, 0) is 17.7 Å². The van der Waals surface area contributed by atoms with Crippen molar-refractivity contribution in [2.45, 2.75) is 37.6 Å². The van der Waals surface area contributed by atoms with Gasteiger partial charge in [-0.1, -0.05) is 12.1 Å². The number of ketones is 1. The summed E-state index contributed by atoms with van der Waals surface area (Å²) in [4.78, 5) is 25.5. The van der Waals surface area contributed by atoms with E-state index in [9.17, 15) is 40.2 Å². The van der Waals surface area contributed by atoms with Gasteiger partial charge in [-0.3, -0.25) is 9.59 Å². The molecule has 1 aromatic heterocycles. The maximum Gasteiger partial charge on any atom is 0.229 e. The number of phenols is 2. The monoisotopic (exact) mass is 474 g/mol. The first kappa shape index (κ1) is 23.7. The zero-order chi connectivity index (χ0) is 24.7. The molecule has 0 spiro atoms. The number of aliphatic hydroxyl groups excluding tert-OH is 4. The van der Waals surface area contributed by atoms with Crippen molar-refractivity contribution >= 4 is 16.8 Å². The maximum absolute atomic E-state index is 13.2. The zero-order valence-electron chi connectivity index (χ0n) is 17.8. The van der Waals surface area contributed by atoms with Crippen molar-refractivity contribution in [2.75, 3.05) is 6.61 Å². The molecule has 3 unspecified atom stereocenters. The fraction of sp³-hybridized carbons (Fsp3) is 0.304. The van der Waals surface area contributed by atoms with Crippen molar-refractivity contribution in [1.82, 2.24) is 0 Å². The Labute approximate surface area is 191 Å². The van der Waals surface area contributed by atoms with Gasteiger partial charge >= 0.3 is 0 Å². The van der Waals surface area contributed by atoms with Crippen LogP contribution in [-0.2, 0) is 4.74 Å². The normalized spacial score (nSPS) is 24.8. The highest BCUT2D eigenvalue weighted by Gasteiger charge is 2.44. The molecule has 4 rings (SSSR count). The maximum atomic E-state index is 13.2. The number of aromatic hydroxyl groups is 2. The number of Topliss-reactive ketones (excluding diaryl/α,β-unsaturated/α-hetero) is 1. The number of phenolic OH excluding ortho intramolecular Hbond substituents is 2. The quantitative estimate of drug-likeness (QED) is 0.278. The molecule has 5 atom stereocenters. The molecule has 1 aliphatic heterocycles. The smallest absolute Gasteiger partial charge is 0.229 e. The third kappa shape index (κ3) is 4.11. The molecule has 0 saturated carbocycles. The summed E-state index contributed by atoms with van der Waals surface area (Å²) in [6, 6.07) is 7.75. The lowest BCUT2D eigenvalue weighted by Gasteiger charge is -2.39. The largest absolute Gasteiger partial charge is 0.508 e. The van der Waals surface area contributed by atoms with Crippen molar-refractivity contribution in [3.8, 4) is 28.4 Å². The molecule has 0 radical (unpaired) electrons. The second-order valence-corrected chi connectivity index (χ2v) is 7.87. The molecule has 0 aliphatic carbocycles. The van der Waals surface area contributed by atoms with Crippen LogP contribution in [0.25, 0.3) is 22.1 Å². The van der Waals surface area contributed by atoms with Gasteiger partial charge in [0.1, 0.15) is 52.6 Å². The second kappa shape index (κ2) is 9.05. The third-order valence-corrected chi connectivity index (χ3v) is 5.52. The lowest BCUT2D eigenvalue weighted by molar-refractivity contribution is -0.277. The van der Waals surface area contributed by atoms with Crippen molar-refractivity contribution in [2.24, 2.45) is 0 Å². The minimum Gasteiger partial charge on any atom is -0.508 e. The van der Waals surface area contributed by atoms with E-state index in [-0.39, 0.29) is 33.8 Å². The van der Waals surface area contributed by atoms with Crippen LogP contribution >= 0.6 is 0 Å². The molecule has 2 aromatic carbocycles. The van der Waals surface area contributed by atoms with Crippen LogP contribution in [0.2, 0.25) is 0 Å². The predicted molar refractivity (Wildman–Crippen MR) is 116 cm³/mol. The Kier molecular flexibility index (Phi) is 6.30. The molecule has 11 heteroatoms. The summed E-state index contributed by atoms with van der Waals surface area (Å²) in [5.41, 5.74) is -0.705. The Morgan fingerprint density at radius 2 is 1.71 bits per heavy atom. The van der Waals surface area contributed by atoms with Gasteiger partial charge in [-0.2, -0.15) is 0 Å². The number of carbonyl (C=O) groups excluding carboxylic acids is 1. The minimum atomic E-state index is -1.70. The summed E-state index contributed by atoms with van der Waals surface area (Å²) in [6.45, 7) is 0.535. The first-order valence-electron chi connectivity index (χ1n) is 10.2. The Morgan fingerprint density at radius 3 is 2.32 bits per heavy atom. The molecular weight excluding hydrogens is 452 g/mol. The lowest BCUT2D eigenvalue weighted by Crippen LogP contribution is -2.60. The summed E-state index contributed by atoms with van der Waals surface area (Å²) in [5, 5.41) is 59.1. The molecule has 1 saturated heterocycles. The van der Waals surface area contributed by atoms with Gasteiger partial charge in [0.05, 0.1) is 12.2 Å². The number of hydrogen-bond donors (Lipinski definition) is 6. The van der Waals surface area contributed by atoms with E-state index in [4.69, 9.17) is 13.9 Å². The first-order valence-corrected chi connectivity index (χ1v) is 10.2. The van der Waals surface area contributed by atoms with Crippen LogP contribution in [0.15, 0.2) is 45.6 Å². The molecule has 6 N–H and O–H groups in total. The van der Waals surface area contributed by atoms with Gasteiger partial charge in [-0.15, -0.1) is 0 Å². The van der Waals surface area contributed by atoms with Crippen LogP contribution in [-0.4, -0.2) is 73.7 Å². The molecular formula is C23H22O11. The number of rotatable bonds is 5. The minimum absolute atomic E-state index is 0.0452. The van der Waals surface area contributed by atoms with Gasteiger partial charge < -0.3 is 44.5 Å². The van der Waals surface area contributed by atoms with Gasteiger partial charge in [-0.25, -0.2) is 0 Å².